The minimum Gasteiger partial charge on any atom is -0.493 e. The first-order chi connectivity index (χ1) is 10.2. The Morgan fingerprint density at radius 3 is 2.86 bits per heavy atom. The molecule has 1 fully saturated rings. The number of nitrogens with one attached hydrogen (secondary N) is 1. The SMILES string of the molecule is OCC1(CNC2CCCOc3cc(Br)ccc32)CCCC1. The fourth-order valence-corrected chi connectivity index (χ4v) is 3.95. The van der Waals surface area contributed by atoms with Crippen LogP contribution in [0, 0.1) is 5.41 Å². The van der Waals surface area contributed by atoms with Gasteiger partial charge in [-0.15, -0.1) is 0 Å². The summed E-state index contributed by atoms with van der Waals surface area (Å²) in [6.07, 6.45) is 6.95. The Kier molecular flexibility index (Phi) is 4.87. The van der Waals surface area contributed by atoms with Crippen molar-refractivity contribution in [1.82, 2.24) is 5.32 Å². The van der Waals surface area contributed by atoms with Gasteiger partial charge in [-0.2, -0.15) is 0 Å². The summed E-state index contributed by atoms with van der Waals surface area (Å²) in [6.45, 7) is 1.99. The second-order valence-corrected chi connectivity index (χ2v) is 7.39. The fourth-order valence-electron chi connectivity index (χ4n) is 3.61. The lowest BCUT2D eigenvalue weighted by molar-refractivity contribution is 0.124. The Hall–Kier alpha value is -0.580. The van der Waals surface area contributed by atoms with Gasteiger partial charge in [-0.1, -0.05) is 34.8 Å². The molecule has 1 aliphatic carbocycles. The van der Waals surface area contributed by atoms with Gasteiger partial charge in [0.25, 0.3) is 0 Å². The van der Waals surface area contributed by atoms with Gasteiger partial charge in [-0.25, -0.2) is 0 Å². The van der Waals surface area contributed by atoms with Crippen LogP contribution in [0.5, 0.6) is 5.75 Å². The van der Waals surface area contributed by atoms with Crippen molar-refractivity contribution in [3.8, 4) is 5.75 Å². The molecular formula is C17H24BrNO2. The zero-order valence-corrected chi connectivity index (χ0v) is 14.0. The maximum absolute atomic E-state index is 9.76. The molecular weight excluding hydrogens is 330 g/mol. The first-order valence-corrected chi connectivity index (χ1v) is 8.78. The maximum Gasteiger partial charge on any atom is 0.125 e. The van der Waals surface area contributed by atoms with Gasteiger partial charge >= 0.3 is 0 Å². The standard InChI is InChI=1S/C17H24BrNO2/c18-13-5-6-14-15(4-3-9-21-16(14)10-13)19-11-17(12-20)7-1-2-8-17/h5-6,10,15,19-20H,1-4,7-9,11-12H2. The topological polar surface area (TPSA) is 41.5 Å². The highest BCUT2D eigenvalue weighted by Gasteiger charge is 2.34. The fraction of sp³-hybridized carbons (Fsp3) is 0.647. The van der Waals surface area contributed by atoms with Crippen molar-refractivity contribution in [1.29, 1.82) is 0 Å². The van der Waals surface area contributed by atoms with Gasteiger partial charge in [-0.05, 0) is 37.8 Å². The van der Waals surface area contributed by atoms with Crippen molar-refractivity contribution in [2.45, 2.75) is 44.6 Å². The summed E-state index contributed by atoms with van der Waals surface area (Å²) in [5.41, 5.74) is 1.35. The quantitative estimate of drug-likeness (QED) is 0.864. The predicted octanol–water partition coefficient (Wildman–Crippen LogP) is 3.81. The molecule has 3 nitrogen and oxygen atoms in total. The number of fused-ring (bicyclic) bond motifs is 1. The average Bonchev–Trinajstić information content (AvgIpc) is 2.88. The molecule has 116 valence electrons. The highest BCUT2D eigenvalue weighted by molar-refractivity contribution is 9.10. The van der Waals surface area contributed by atoms with Crippen LogP contribution >= 0.6 is 15.9 Å². The van der Waals surface area contributed by atoms with Crippen LogP contribution in [0.3, 0.4) is 0 Å². The zero-order valence-electron chi connectivity index (χ0n) is 12.4. The molecule has 0 spiro atoms. The number of ether oxygens (including phenoxy) is 1. The molecule has 1 aromatic carbocycles. The summed E-state index contributed by atoms with van der Waals surface area (Å²) in [6, 6.07) is 6.63. The molecule has 1 aliphatic heterocycles. The van der Waals surface area contributed by atoms with E-state index in [9.17, 15) is 5.11 Å². The van der Waals surface area contributed by atoms with E-state index >= 15 is 0 Å². The first kappa shape index (κ1) is 15.3. The highest BCUT2D eigenvalue weighted by Crippen LogP contribution is 2.39. The number of rotatable bonds is 4. The Balaban J connectivity index is 1.73. The van der Waals surface area contributed by atoms with Gasteiger partial charge in [0, 0.05) is 34.6 Å². The van der Waals surface area contributed by atoms with Gasteiger partial charge in [-0.3, -0.25) is 0 Å². The molecule has 3 rings (SSSR count). The Bertz CT molecular complexity index is 486. The number of aliphatic hydroxyl groups is 1. The Labute approximate surface area is 135 Å². The molecule has 0 radical (unpaired) electrons. The summed E-state index contributed by atoms with van der Waals surface area (Å²) < 4.78 is 6.92. The van der Waals surface area contributed by atoms with Gasteiger partial charge in [0.1, 0.15) is 5.75 Å². The number of hydrogen-bond donors (Lipinski definition) is 2. The number of hydrogen-bond acceptors (Lipinski definition) is 3. The van der Waals surface area contributed by atoms with Crippen LogP contribution in [0.4, 0.5) is 0 Å². The summed E-state index contributed by atoms with van der Waals surface area (Å²) in [4.78, 5) is 0. The van der Waals surface area contributed by atoms with Gasteiger partial charge < -0.3 is 15.2 Å². The van der Waals surface area contributed by atoms with E-state index in [0.717, 1.165) is 49.1 Å². The highest BCUT2D eigenvalue weighted by atomic mass is 79.9. The third-order valence-electron chi connectivity index (χ3n) is 4.97. The average molecular weight is 354 g/mol. The van der Waals surface area contributed by atoms with Gasteiger partial charge in [0.2, 0.25) is 0 Å². The van der Waals surface area contributed by atoms with E-state index in [1.807, 2.05) is 0 Å². The largest absolute Gasteiger partial charge is 0.493 e. The minimum absolute atomic E-state index is 0.0999. The third-order valence-corrected chi connectivity index (χ3v) is 5.46. The lowest BCUT2D eigenvalue weighted by atomic mass is 9.86. The van der Waals surface area contributed by atoms with E-state index in [4.69, 9.17) is 4.74 Å². The molecule has 1 unspecified atom stereocenters. The van der Waals surface area contributed by atoms with E-state index in [2.05, 4.69) is 39.4 Å². The maximum atomic E-state index is 9.76. The van der Waals surface area contributed by atoms with Crippen molar-refractivity contribution in [3.63, 3.8) is 0 Å². The van der Waals surface area contributed by atoms with Crippen molar-refractivity contribution in [2.24, 2.45) is 5.41 Å². The van der Waals surface area contributed by atoms with E-state index in [1.54, 1.807) is 0 Å². The van der Waals surface area contributed by atoms with Gasteiger partial charge in [0.05, 0.1) is 6.61 Å². The van der Waals surface area contributed by atoms with Crippen LogP contribution in [-0.2, 0) is 0 Å². The lowest BCUT2D eigenvalue weighted by Gasteiger charge is -2.30. The molecule has 2 N–H and O–H groups in total. The van der Waals surface area contributed by atoms with Crippen LogP contribution in [0.2, 0.25) is 0 Å². The second kappa shape index (κ2) is 6.67. The molecule has 21 heavy (non-hydrogen) atoms. The van der Waals surface area contributed by atoms with Crippen molar-refractivity contribution < 1.29 is 9.84 Å². The molecule has 1 atom stereocenters. The Morgan fingerprint density at radius 2 is 2.10 bits per heavy atom. The smallest absolute Gasteiger partial charge is 0.125 e. The van der Waals surface area contributed by atoms with Crippen LogP contribution in [0.15, 0.2) is 22.7 Å². The van der Waals surface area contributed by atoms with Gasteiger partial charge in [0.15, 0.2) is 0 Å². The molecule has 1 saturated carbocycles. The van der Waals surface area contributed by atoms with Crippen molar-refractivity contribution >= 4 is 15.9 Å². The van der Waals surface area contributed by atoms with Crippen molar-refractivity contribution in [3.05, 3.63) is 28.2 Å². The summed E-state index contributed by atoms with van der Waals surface area (Å²) in [7, 11) is 0. The lowest BCUT2D eigenvalue weighted by Crippen LogP contribution is -2.37. The van der Waals surface area contributed by atoms with E-state index in [1.165, 1.54) is 18.4 Å². The molecule has 4 heteroatoms. The summed E-state index contributed by atoms with van der Waals surface area (Å²) in [5.74, 6) is 0.990. The molecule has 0 saturated heterocycles. The molecule has 0 aromatic heterocycles. The van der Waals surface area contributed by atoms with Crippen LogP contribution in [-0.4, -0.2) is 24.9 Å². The van der Waals surface area contributed by atoms with Crippen LogP contribution in [0.1, 0.15) is 50.1 Å². The van der Waals surface area contributed by atoms with Crippen LogP contribution in [0.25, 0.3) is 0 Å². The zero-order chi connectivity index (χ0) is 14.7. The van der Waals surface area contributed by atoms with E-state index in [-0.39, 0.29) is 5.41 Å². The molecule has 0 amide bonds. The minimum atomic E-state index is 0.0999. The van der Waals surface area contributed by atoms with Crippen molar-refractivity contribution in [2.75, 3.05) is 19.8 Å². The first-order valence-electron chi connectivity index (χ1n) is 7.99. The molecule has 1 heterocycles. The molecule has 0 bridgehead atoms. The van der Waals surface area contributed by atoms with E-state index < -0.39 is 0 Å². The number of aliphatic hydroxyl groups excluding tert-OH is 1. The third kappa shape index (κ3) is 3.43. The molecule has 2 aliphatic rings. The normalized spacial score (nSPS) is 24.2. The monoisotopic (exact) mass is 353 g/mol. The summed E-state index contributed by atoms with van der Waals surface area (Å²) in [5, 5.41) is 13.5. The second-order valence-electron chi connectivity index (χ2n) is 6.47. The number of halogens is 1. The summed E-state index contributed by atoms with van der Waals surface area (Å²) >= 11 is 3.51. The molecule has 1 aromatic rings. The Morgan fingerprint density at radius 1 is 1.29 bits per heavy atom. The van der Waals surface area contributed by atoms with Crippen LogP contribution < -0.4 is 10.1 Å². The van der Waals surface area contributed by atoms with E-state index in [0.29, 0.717) is 12.6 Å². The predicted molar refractivity (Wildman–Crippen MR) is 87.6 cm³/mol. The number of benzene rings is 1.